The van der Waals surface area contributed by atoms with Gasteiger partial charge in [-0.25, -0.2) is 14.2 Å². The summed E-state index contributed by atoms with van der Waals surface area (Å²) in [4.78, 5) is 60.8. The molecule has 3 amide bonds. The molecule has 200 valence electrons. The standard InChI is InChI=1S/C25H27N5O8/c26-21(32)10-4-2-7-18(28-24(35)38-13-12-31)22(33)27-19-8-5-11-29(23(19)34)15-17-14-16-6-1-3-9-20(16)30(17)25(36)37/h1,3-6,8-11,14,18,31H,2,7,12-13,15H2,(H2,26,32)(H,27,33)(H,28,35)(H,36,37)/b10-4+/t18-/m0/s1. The maximum Gasteiger partial charge on any atom is 0.416 e. The van der Waals surface area contributed by atoms with Gasteiger partial charge in [0.15, 0.2) is 0 Å². The summed E-state index contributed by atoms with van der Waals surface area (Å²) in [6.45, 7) is -0.773. The Morgan fingerprint density at radius 2 is 1.89 bits per heavy atom. The van der Waals surface area contributed by atoms with Crippen LogP contribution in [-0.2, 0) is 20.9 Å². The highest BCUT2D eigenvalue weighted by molar-refractivity contribution is 5.96. The zero-order valence-corrected chi connectivity index (χ0v) is 20.2. The summed E-state index contributed by atoms with van der Waals surface area (Å²) in [5.74, 6) is -1.40. The molecule has 0 aliphatic rings. The first-order valence-corrected chi connectivity index (χ1v) is 11.5. The number of rotatable bonds is 11. The molecule has 1 atom stereocenters. The highest BCUT2D eigenvalue weighted by Gasteiger charge is 2.22. The van der Waals surface area contributed by atoms with Crippen molar-refractivity contribution in [3.05, 3.63) is 76.9 Å². The number of benzene rings is 1. The Balaban J connectivity index is 1.82. The molecule has 0 aliphatic heterocycles. The van der Waals surface area contributed by atoms with Crippen molar-refractivity contribution in [2.75, 3.05) is 18.5 Å². The largest absolute Gasteiger partial charge is 0.464 e. The lowest BCUT2D eigenvalue weighted by Gasteiger charge is -2.18. The van der Waals surface area contributed by atoms with Gasteiger partial charge in [0, 0.05) is 17.3 Å². The number of allylic oxidation sites excluding steroid dienone is 1. The number of primary amides is 1. The average Bonchev–Trinajstić information content (AvgIpc) is 3.25. The van der Waals surface area contributed by atoms with Crippen LogP contribution < -0.4 is 21.9 Å². The van der Waals surface area contributed by atoms with Gasteiger partial charge in [-0.05, 0) is 43.2 Å². The van der Waals surface area contributed by atoms with Crippen LogP contribution in [0.1, 0.15) is 18.5 Å². The molecule has 1 aromatic carbocycles. The molecule has 13 heteroatoms. The zero-order valence-electron chi connectivity index (χ0n) is 20.2. The molecule has 0 saturated carbocycles. The highest BCUT2D eigenvalue weighted by Crippen LogP contribution is 2.20. The number of aliphatic hydroxyl groups excluding tert-OH is 1. The van der Waals surface area contributed by atoms with E-state index < -0.39 is 42.2 Å². The lowest BCUT2D eigenvalue weighted by Crippen LogP contribution is -2.45. The number of ether oxygens (including phenoxy) is 1. The Morgan fingerprint density at radius 3 is 2.61 bits per heavy atom. The molecule has 0 saturated heterocycles. The Morgan fingerprint density at radius 1 is 1.13 bits per heavy atom. The second kappa shape index (κ2) is 12.9. The summed E-state index contributed by atoms with van der Waals surface area (Å²) in [6.07, 6.45) is 2.09. The Bertz CT molecular complexity index is 1420. The first-order valence-electron chi connectivity index (χ1n) is 11.5. The number of pyridine rings is 1. The number of aliphatic hydroxyl groups is 1. The van der Waals surface area contributed by atoms with Crippen molar-refractivity contribution in [2.24, 2.45) is 5.73 Å². The SMILES string of the molecule is NC(=O)/C=C/CC[C@H](NC(=O)OCCO)C(=O)Nc1cccn(Cc2cc3ccccc3n2C(=O)O)c1=O. The molecule has 0 fully saturated rings. The maximum atomic E-state index is 13.1. The summed E-state index contributed by atoms with van der Waals surface area (Å²) in [5, 5.41) is 24.1. The van der Waals surface area contributed by atoms with Crippen LogP contribution in [0, 0.1) is 0 Å². The first-order chi connectivity index (χ1) is 18.2. The van der Waals surface area contributed by atoms with Crippen LogP contribution in [0.4, 0.5) is 15.3 Å². The van der Waals surface area contributed by atoms with Crippen molar-refractivity contribution in [1.29, 1.82) is 0 Å². The van der Waals surface area contributed by atoms with Crippen LogP contribution in [-0.4, -0.2) is 62.6 Å². The number of nitrogens with zero attached hydrogens (tertiary/aromatic N) is 2. The van der Waals surface area contributed by atoms with E-state index >= 15 is 0 Å². The van der Waals surface area contributed by atoms with Crippen LogP contribution in [0.5, 0.6) is 0 Å². The number of anilines is 1. The number of alkyl carbamates (subject to hydrolysis) is 1. The minimum Gasteiger partial charge on any atom is -0.464 e. The van der Waals surface area contributed by atoms with Crippen molar-refractivity contribution < 1.29 is 34.1 Å². The number of aromatic nitrogens is 2. The van der Waals surface area contributed by atoms with E-state index in [9.17, 15) is 29.1 Å². The number of nitrogens with one attached hydrogen (secondary N) is 2. The van der Waals surface area contributed by atoms with Gasteiger partial charge in [0.2, 0.25) is 11.8 Å². The number of amides is 3. The zero-order chi connectivity index (χ0) is 27.7. The van der Waals surface area contributed by atoms with Crippen molar-refractivity contribution in [3.8, 4) is 0 Å². The van der Waals surface area contributed by atoms with Crippen LogP contribution in [0.2, 0.25) is 0 Å². The van der Waals surface area contributed by atoms with Crippen molar-refractivity contribution in [1.82, 2.24) is 14.5 Å². The Labute approximate surface area is 216 Å². The fraction of sp³-hybridized carbons (Fsp3) is 0.240. The maximum absolute atomic E-state index is 13.1. The number of hydrogen-bond acceptors (Lipinski definition) is 7. The molecule has 38 heavy (non-hydrogen) atoms. The fourth-order valence-corrected chi connectivity index (χ4v) is 3.76. The summed E-state index contributed by atoms with van der Waals surface area (Å²) < 4.78 is 7.08. The van der Waals surface area contributed by atoms with Gasteiger partial charge in [-0.2, -0.15) is 0 Å². The molecule has 2 heterocycles. The predicted octanol–water partition coefficient (Wildman–Crippen LogP) is 1.22. The van der Waals surface area contributed by atoms with E-state index in [0.29, 0.717) is 16.6 Å². The number of hydrogen-bond donors (Lipinski definition) is 5. The lowest BCUT2D eigenvalue weighted by atomic mass is 10.1. The summed E-state index contributed by atoms with van der Waals surface area (Å²) in [5.41, 5.74) is 5.17. The van der Waals surface area contributed by atoms with Gasteiger partial charge in [-0.1, -0.05) is 24.3 Å². The van der Waals surface area contributed by atoms with Crippen LogP contribution in [0.25, 0.3) is 10.9 Å². The first kappa shape index (κ1) is 27.7. The minimum atomic E-state index is -1.20. The van der Waals surface area contributed by atoms with Crippen molar-refractivity contribution >= 4 is 40.6 Å². The topological polar surface area (TPSA) is 195 Å². The summed E-state index contributed by atoms with van der Waals surface area (Å²) in [6, 6.07) is 10.3. The number of carboxylic acid groups (broad SMARTS) is 1. The average molecular weight is 526 g/mol. The second-order valence-electron chi connectivity index (χ2n) is 8.10. The highest BCUT2D eigenvalue weighted by atomic mass is 16.6. The summed E-state index contributed by atoms with van der Waals surface area (Å²) >= 11 is 0. The van der Waals surface area contributed by atoms with E-state index in [1.165, 1.54) is 29.0 Å². The molecule has 0 spiro atoms. The van der Waals surface area contributed by atoms with E-state index in [1.807, 2.05) is 0 Å². The van der Waals surface area contributed by atoms with Gasteiger partial charge in [0.25, 0.3) is 5.56 Å². The van der Waals surface area contributed by atoms with Crippen molar-refractivity contribution in [2.45, 2.75) is 25.4 Å². The molecular formula is C25H27N5O8. The van der Waals surface area contributed by atoms with Gasteiger partial charge in [0.1, 0.15) is 18.3 Å². The second-order valence-corrected chi connectivity index (χ2v) is 8.10. The van der Waals surface area contributed by atoms with Gasteiger partial charge in [0.05, 0.1) is 18.7 Å². The smallest absolute Gasteiger partial charge is 0.416 e. The Hall–Kier alpha value is -4.91. The van der Waals surface area contributed by atoms with Gasteiger partial charge < -0.3 is 35.9 Å². The third-order valence-corrected chi connectivity index (χ3v) is 5.43. The number of nitrogens with two attached hydrogens (primary N) is 1. The monoisotopic (exact) mass is 525 g/mol. The molecule has 3 rings (SSSR count). The molecule has 0 bridgehead atoms. The fourth-order valence-electron chi connectivity index (χ4n) is 3.76. The molecule has 0 unspecified atom stereocenters. The molecule has 0 aliphatic carbocycles. The lowest BCUT2D eigenvalue weighted by molar-refractivity contribution is -0.118. The quantitative estimate of drug-likeness (QED) is 0.230. The normalized spacial score (nSPS) is 11.8. The molecular weight excluding hydrogens is 498 g/mol. The van der Waals surface area contributed by atoms with Crippen LogP contribution in [0.15, 0.2) is 65.6 Å². The molecule has 6 N–H and O–H groups in total. The summed E-state index contributed by atoms with van der Waals surface area (Å²) in [7, 11) is 0. The van der Waals surface area contributed by atoms with Crippen LogP contribution >= 0.6 is 0 Å². The van der Waals surface area contributed by atoms with Gasteiger partial charge >= 0.3 is 12.2 Å². The van der Waals surface area contributed by atoms with E-state index in [1.54, 1.807) is 30.3 Å². The number of para-hydroxylation sites is 1. The minimum absolute atomic E-state index is 0.0452. The predicted molar refractivity (Wildman–Crippen MR) is 137 cm³/mol. The van der Waals surface area contributed by atoms with Crippen molar-refractivity contribution in [3.63, 3.8) is 0 Å². The van der Waals surface area contributed by atoms with Gasteiger partial charge in [-0.3, -0.25) is 14.4 Å². The molecule has 2 aromatic heterocycles. The van der Waals surface area contributed by atoms with E-state index in [0.717, 1.165) is 10.6 Å². The van der Waals surface area contributed by atoms with E-state index in [-0.39, 0.29) is 31.7 Å². The van der Waals surface area contributed by atoms with E-state index in [2.05, 4.69) is 10.6 Å². The Kier molecular flexibility index (Phi) is 9.37. The molecule has 3 aromatic rings. The number of carbonyl (C=O) groups excluding carboxylic acids is 3. The number of carbonyl (C=O) groups is 4. The van der Waals surface area contributed by atoms with Gasteiger partial charge in [-0.15, -0.1) is 0 Å². The molecule has 13 nitrogen and oxygen atoms in total. The third kappa shape index (κ3) is 7.07. The third-order valence-electron chi connectivity index (χ3n) is 5.43. The van der Waals surface area contributed by atoms with E-state index in [4.69, 9.17) is 15.6 Å². The molecule has 0 radical (unpaired) electrons. The number of fused-ring (bicyclic) bond motifs is 1. The van der Waals surface area contributed by atoms with Crippen LogP contribution in [0.3, 0.4) is 0 Å².